The minimum absolute atomic E-state index is 0.113. The van der Waals surface area contributed by atoms with Gasteiger partial charge in [-0.05, 0) is 30.7 Å². The summed E-state index contributed by atoms with van der Waals surface area (Å²) in [6.07, 6.45) is -3.65. The summed E-state index contributed by atoms with van der Waals surface area (Å²) in [7, 11) is 0. The molecule has 2 bridgehead atoms. The number of urea groups is 1. The molecule has 0 aliphatic carbocycles. The summed E-state index contributed by atoms with van der Waals surface area (Å²) in [4.78, 5) is 29.5. The molecule has 1 aromatic carbocycles. The normalized spacial score (nSPS) is 17.3. The summed E-state index contributed by atoms with van der Waals surface area (Å²) < 4.78 is 45.2. The highest BCUT2D eigenvalue weighted by atomic mass is 35.5. The Morgan fingerprint density at radius 3 is 2.84 bits per heavy atom. The number of anilines is 3. The van der Waals surface area contributed by atoms with Gasteiger partial charge in [0.05, 0.1) is 34.6 Å². The summed E-state index contributed by atoms with van der Waals surface area (Å²) in [5.41, 5.74) is 0.0529. The fourth-order valence-corrected chi connectivity index (χ4v) is 4.66. The van der Waals surface area contributed by atoms with Crippen LogP contribution in [0.25, 0.3) is 11.3 Å². The van der Waals surface area contributed by atoms with Crippen molar-refractivity contribution in [3.63, 3.8) is 0 Å². The van der Waals surface area contributed by atoms with Crippen molar-refractivity contribution >= 4 is 35.0 Å². The third-order valence-electron chi connectivity index (χ3n) is 6.20. The second-order valence-corrected chi connectivity index (χ2v) is 9.21. The van der Waals surface area contributed by atoms with E-state index in [-0.39, 0.29) is 46.6 Å². The molecule has 5 rings (SSSR count). The molecule has 2 aliphatic rings. The lowest BCUT2D eigenvalue weighted by Gasteiger charge is -2.36. The third kappa shape index (κ3) is 5.17. The highest BCUT2D eigenvalue weighted by molar-refractivity contribution is 6.33. The predicted molar refractivity (Wildman–Crippen MR) is 132 cm³/mol. The van der Waals surface area contributed by atoms with Gasteiger partial charge in [0.2, 0.25) is 0 Å². The van der Waals surface area contributed by atoms with Crippen LogP contribution in [0.4, 0.5) is 35.3 Å². The Kier molecular flexibility index (Phi) is 6.99. The van der Waals surface area contributed by atoms with Crippen LogP contribution < -0.4 is 19.9 Å². The first kappa shape index (κ1) is 25.9. The Morgan fingerprint density at radius 1 is 1.26 bits per heavy atom. The van der Waals surface area contributed by atoms with Gasteiger partial charge in [0.15, 0.2) is 5.82 Å². The standard InChI is InChI=1S/C24H22ClF3N6O4/c25-17-9-18-21(32-20(17)13-2-1-3-14(8-13)24(26,27)28)34(15-5-7-33(18)10-15)23(37)31-19-4-6-29-22(30-19)38-12-16(36)11-35/h1-4,6,8-9,15-16,35-36H,5,7,10-12H2,(H,29,30,31,37)/t15-,16+/m0/s1. The molecule has 2 atom stereocenters. The van der Waals surface area contributed by atoms with Crippen LogP contribution in [0.5, 0.6) is 6.01 Å². The Bertz CT molecular complexity index is 1360. The molecule has 2 aromatic heterocycles. The number of aromatic nitrogens is 3. The number of aliphatic hydroxyl groups excluding tert-OH is 2. The molecule has 0 spiro atoms. The lowest BCUT2D eigenvalue weighted by Crippen LogP contribution is -2.48. The quantitative estimate of drug-likeness (QED) is 0.425. The number of carbonyl (C=O) groups excluding carboxylic acids is 1. The summed E-state index contributed by atoms with van der Waals surface area (Å²) in [6, 6.07) is 6.86. The highest BCUT2D eigenvalue weighted by Crippen LogP contribution is 2.43. The average Bonchev–Trinajstić information content (AvgIpc) is 3.31. The van der Waals surface area contributed by atoms with Gasteiger partial charge in [0.25, 0.3) is 0 Å². The van der Waals surface area contributed by atoms with E-state index < -0.39 is 30.5 Å². The minimum atomic E-state index is -4.54. The molecule has 2 aliphatic heterocycles. The van der Waals surface area contributed by atoms with Gasteiger partial charge in [-0.25, -0.2) is 14.8 Å². The van der Waals surface area contributed by atoms with Gasteiger partial charge in [0, 0.05) is 24.8 Å². The number of amides is 2. The Balaban J connectivity index is 1.46. The van der Waals surface area contributed by atoms with E-state index >= 15 is 0 Å². The lowest BCUT2D eigenvalue weighted by atomic mass is 10.1. The third-order valence-corrected chi connectivity index (χ3v) is 6.49. The second-order valence-electron chi connectivity index (χ2n) is 8.80. The smallest absolute Gasteiger partial charge is 0.416 e. The molecule has 1 fully saturated rings. The maximum absolute atomic E-state index is 13.5. The fourth-order valence-electron chi connectivity index (χ4n) is 4.40. The molecular weight excluding hydrogens is 529 g/mol. The van der Waals surface area contributed by atoms with Gasteiger partial charge in [-0.1, -0.05) is 23.7 Å². The number of rotatable bonds is 6. The topological polar surface area (TPSA) is 124 Å². The number of hydrogen-bond donors (Lipinski definition) is 3. The Morgan fingerprint density at radius 2 is 2.08 bits per heavy atom. The van der Waals surface area contributed by atoms with E-state index in [1.807, 2.05) is 4.90 Å². The predicted octanol–water partition coefficient (Wildman–Crippen LogP) is 3.57. The van der Waals surface area contributed by atoms with E-state index in [1.165, 1.54) is 29.3 Å². The number of nitrogens with zero attached hydrogens (tertiary/aromatic N) is 5. The van der Waals surface area contributed by atoms with Crippen molar-refractivity contribution in [1.29, 1.82) is 0 Å². The van der Waals surface area contributed by atoms with Crippen LogP contribution in [0.15, 0.2) is 42.6 Å². The molecule has 3 aromatic rings. The van der Waals surface area contributed by atoms with Crippen molar-refractivity contribution in [3.8, 4) is 17.3 Å². The van der Waals surface area contributed by atoms with Gasteiger partial charge in [-0.15, -0.1) is 0 Å². The van der Waals surface area contributed by atoms with Crippen molar-refractivity contribution in [2.75, 3.05) is 41.4 Å². The number of nitrogens with one attached hydrogen (secondary N) is 1. The fraction of sp³-hybridized carbons (Fsp3) is 0.333. The van der Waals surface area contributed by atoms with E-state index in [0.717, 1.165) is 12.1 Å². The largest absolute Gasteiger partial charge is 0.461 e. The SMILES string of the molecule is O=C(Nc1ccnc(OC[C@H](O)CO)n1)N1c2nc(-c3cccc(C(F)(F)F)c3)c(Cl)cc2N2CC[C@H]1C2. The number of halogens is 4. The lowest BCUT2D eigenvalue weighted by molar-refractivity contribution is -0.137. The zero-order chi connectivity index (χ0) is 27.0. The minimum Gasteiger partial charge on any atom is -0.461 e. The van der Waals surface area contributed by atoms with Crippen LogP contribution in [0.1, 0.15) is 12.0 Å². The van der Waals surface area contributed by atoms with Crippen molar-refractivity contribution in [3.05, 3.63) is 53.2 Å². The zero-order valence-electron chi connectivity index (χ0n) is 19.7. The summed E-state index contributed by atoms with van der Waals surface area (Å²) in [6.45, 7) is 0.455. The van der Waals surface area contributed by atoms with Gasteiger partial charge >= 0.3 is 18.2 Å². The van der Waals surface area contributed by atoms with Crippen LogP contribution in [0, 0.1) is 0 Å². The summed E-state index contributed by atoms with van der Waals surface area (Å²) in [5.74, 6) is 0.386. The van der Waals surface area contributed by atoms with E-state index in [1.54, 1.807) is 6.07 Å². The molecule has 1 saturated heterocycles. The average molecular weight is 551 g/mol. The van der Waals surface area contributed by atoms with Crippen LogP contribution in [-0.2, 0) is 6.18 Å². The first-order chi connectivity index (χ1) is 18.1. The maximum atomic E-state index is 13.5. The van der Waals surface area contributed by atoms with Gasteiger partial charge < -0.3 is 19.8 Å². The number of carbonyl (C=O) groups is 1. The van der Waals surface area contributed by atoms with Crippen LogP contribution >= 0.6 is 11.6 Å². The highest BCUT2D eigenvalue weighted by Gasteiger charge is 2.41. The van der Waals surface area contributed by atoms with Gasteiger partial charge in [0.1, 0.15) is 18.5 Å². The number of alkyl halides is 3. The zero-order valence-corrected chi connectivity index (χ0v) is 20.4. The number of benzene rings is 1. The molecule has 0 radical (unpaired) electrons. The van der Waals surface area contributed by atoms with E-state index in [0.29, 0.717) is 25.2 Å². The maximum Gasteiger partial charge on any atom is 0.416 e. The van der Waals surface area contributed by atoms with Crippen molar-refractivity contribution in [2.24, 2.45) is 0 Å². The van der Waals surface area contributed by atoms with E-state index in [4.69, 9.17) is 21.4 Å². The Labute approximate surface area is 219 Å². The van der Waals surface area contributed by atoms with E-state index in [2.05, 4.69) is 20.3 Å². The molecule has 0 unspecified atom stereocenters. The molecule has 10 nitrogen and oxygen atoms in total. The molecule has 38 heavy (non-hydrogen) atoms. The van der Waals surface area contributed by atoms with Crippen molar-refractivity contribution in [2.45, 2.75) is 24.7 Å². The van der Waals surface area contributed by atoms with E-state index in [9.17, 15) is 23.1 Å². The van der Waals surface area contributed by atoms with Crippen molar-refractivity contribution < 1.29 is 32.9 Å². The number of hydrogen-bond acceptors (Lipinski definition) is 8. The number of pyridine rings is 1. The first-order valence-electron chi connectivity index (χ1n) is 11.6. The molecular formula is C24H22ClF3N6O4. The molecule has 2 amide bonds. The molecule has 0 saturated carbocycles. The number of fused-ring (bicyclic) bond motifs is 4. The van der Waals surface area contributed by atoms with Crippen LogP contribution in [0.3, 0.4) is 0 Å². The van der Waals surface area contributed by atoms with Gasteiger partial charge in [-0.2, -0.15) is 18.2 Å². The van der Waals surface area contributed by atoms with Crippen molar-refractivity contribution in [1.82, 2.24) is 15.0 Å². The van der Waals surface area contributed by atoms with Gasteiger partial charge in [-0.3, -0.25) is 10.2 Å². The molecule has 3 N–H and O–H groups in total. The van der Waals surface area contributed by atoms with Crippen LogP contribution in [-0.4, -0.2) is 69.6 Å². The molecule has 4 heterocycles. The summed E-state index contributed by atoms with van der Waals surface area (Å²) >= 11 is 6.48. The first-order valence-corrected chi connectivity index (χ1v) is 12.0. The number of aliphatic hydroxyl groups is 2. The molecule has 200 valence electrons. The summed E-state index contributed by atoms with van der Waals surface area (Å²) in [5, 5.41) is 21.2. The molecule has 14 heteroatoms. The second kappa shape index (κ2) is 10.2. The van der Waals surface area contributed by atoms with Crippen LogP contribution in [0.2, 0.25) is 5.02 Å². The Hall–Kier alpha value is -3.68. The number of ether oxygens (including phenoxy) is 1. The monoisotopic (exact) mass is 550 g/mol.